The summed E-state index contributed by atoms with van der Waals surface area (Å²) in [6, 6.07) is 0. The molecule has 6 unspecified atom stereocenters. The third kappa shape index (κ3) is 45.6. The van der Waals surface area contributed by atoms with Crippen molar-refractivity contribution in [2.45, 2.75) is 289 Å². The maximum absolute atomic E-state index is 13.2. The Morgan fingerprint density at radius 1 is 0.420 bits per heavy atom. The van der Waals surface area contributed by atoms with E-state index in [9.17, 15) is 34.5 Å². The number of carboxylic acids is 1. The van der Waals surface area contributed by atoms with E-state index in [2.05, 4.69) is 130 Å². The number of unbranched alkanes of at least 4 members (excludes halogenated alkanes) is 21. The van der Waals surface area contributed by atoms with Gasteiger partial charge in [0, 0.05) is 19.3 Å². The van der Waals surface area contributed by atoms with Gasteiger partial charge in [-0.25, -0.2) is 4.79 Å². The maximum atomic E-state index is 13.2. The van der Waals surface area contributed by atoms with E-state index in [1.807, 2.05) is 0 Å². The van der Waals surface area contributed by atoms with Crippen LogP contribution in [-0.2, 0) is 42.9 Å². The minimum Gasteiger partial charge on any atom is -0.479 e. The molecule has 81 heavy (non-hydrogen) atoms. The quantitative estimate of drug-likeness (QED) is 0.0228. The largest absolute Gasteiger partial charge is 0.479 e. The fourth-order valence-electron chi connectivity index (χ4n) is 8.99. The van der Waals surface area contributed by atoms with E-state index < -0.39 is 67.3 Å². The number of ether oxygens (including phenoxy) is 5. The molecule has 1 saturated heterocycles. The standard InChI is InChI=1S/C69H112O12/c1-4-7-10-13-16-19-22-25-28-30-31-33-35-37-40-43-46-49-52-55-61(70)77-58-60(79-62(71)56-53-50-47-44-41-38-34-27-24-21-18-15-12-9-6-3)59-78-69-67(65(74)64(73)66(81-69)68(75)76)80-63(72)57-54-51-48-45-42-39-36-32-29-26-23-20-17-14-11-8-5-2/h7-8,10-11,16-17,19-20,25-29,31,33-34,36,39,60,64-67,69,73-74H,4-6,9,12-15,18,21-24,30,32,35,37-38,40-59H2,1-3H3,(H,75,76)/b10-7-,11-8-,19-16-,20-17-,28-25-,29-26-,33-31-,34-27-,39-36-. The molecule has 3 N–H and O–H groups in total. The molecule has 1 aliphatic rings. The molecular formula is C69H112O12. The van der Waals surface area contributed by atoms with E-state index in [-0.39, 0.29) is 25.9 Å². The second-order valence-electron chi connectivity index (χ2n) is 21.3. The highest BCUT2D eigenvalue weighted by molar-refractivity contribution is 5.74. The summed E-state index contributed by atoms with van der Waals surface area (Å²) >= 11 is 0. The molecule has 0 aromatic carbocycles. The monoisotopic (exact) mass is 1130 g/mol. The molecule has 0 amide bonds. The van der Waals surface area contributed by atoms with Gasteiger partial charge < -0.3 is 39.0 Å². The van der Waals surface area contributed by atoms with Crippen LogP contribution in [0.2, 0.25) is 0 Å². The summed E-state index contributed by atoms with van der Waals surface area (Å²) in [6.45, 7) is 5.74. The molecular weight excluding hydrogens is 1020 g/mol. The molecule has 1 aliphatic heterocycles. The van der Waals surface area contributed by atoms with Gasteiger partial charge in [-0.15, -0.1) is 0 Å². The average Bonchev–Trinajstić information content (AvgIpc) is 3.53. The summed E-state index contributed by atoms with van der Waals surface area (Å²) in [4.78, 5) is 51.3. The lowest BCUT2D eigenvalue weighted by Gasteiger charge is -2.40. The topological polar surface area (TPSA) is 175 Å². The van der Waals surface area contributed by atoms with Gasteiger partial charge in [0.15, 0.2) is 24.6 Å². The first kappa shape index (κ1) is 74.4. The number of esters is 3. The Bertz CT molecular complexity index is 1820. The van der Waals surface area contributed by atoms with E-state index in [1.165, 1.54) is 38.5 Å². The fraction of sp³-hybridized carbons (Fsp3) is 0.681. The van der Waals surface area contributed by atoms with E-state index >= 15 is 0 Å². The van der Waals surface area contributed by atoms with Crippen molar-refractivity contribution in [1.29, 1.82) is 0 Å². The summed E-state index contributed by atoms with van der Waals surface area (Å²) in [5, 5.41) is 31.6. The first-order chi connectivity index (χ1) is 39.6. The van der Waals surface area contributed by atoms with Gasteiger partial charge >= 0.3 is 23.9 Å². The Morgan fingerprint density at radius 2 is 0.778 bits per heavy atom. The molecule has 1 fully saturated rings. The number of carbonyl (C=O) groups excluding carboxylic acids is 3. The SMILES string of the molecule is CC/C=C\C/C=C\C/C=C\C/C=C\CCCCCCCCC(=O)OCC(COC1OC(C(=O)O)C(O)C(O)C1OC(=O)CCCCCC/C=C\C/C=C\C/C=C\C/C=C\CC)OC(=O)CCCCCCC/C=C\CCCCCCCC. The molecule has 0 bridgehead atoms. The Morgan fingerprint density at radius 3 is 1.20 bits per heavy atom. The summed E-state index contributed by atoms with van der Waals surface area (Å²) in [5.74, 6) is -3.18. The molecule has 0 aromatic heterocycles. The van der Waals surface area contributed by atoms with Crippen molar-refractivity contribution in [3.63, 3.8) is 0 Å². The maximum Gasteiger partial charge on any atom is 0.335 e. The lowest BCUT2D eigenvalue weighted by atomic mass is 9.98. The highest BCUT2D eigenvalue weighted by Gasteiger charge is 2.50. The number of rotatable bonds is 53. The molecule has 0 spiro atoms. The van der Waals surface area contributed by atoms with Crippen molar-refractivity contribution in [3.05, 3.63) is 109 Å². The number of aliphatic hydroxyl groups is 2. The molecule has 0 aromatic rings. The van der Waals surface area contributed by atoms with Crippen molar-refractivity contribution in [1.82, 2.24) is 0 Å². The van der Waals surface area contributed by atoms with Crippen LogP contribution >= 0.6 is 0 Å². The zero-order chi connectivity index (χ0) is 58.9. The fourth-order valence-corrected chi connectivity index (χ4v) is 8.99. The normalized spacial score (nSPS) is 18.5. The average molecular weight is 1130 g/mol. The number of carbonyl (C=O) groups is 4. The van der Waals surface area contributed by atoms with Gasteiger partial charge in [0.2, 0.25) is 0 Å². The van der Waals surface area contributed by atoms with Crippen molar-refractivity contribution >= 4 is 23.9 Å². The van der Waals surface area contributed by atoms with Gasteiger partial charge in [-0.3, -0.25) is 14.4 Å². The van der Waals surface area contributed by atoms with Gasteiger partial charge in [-0.2, -0.15) is 0 Å². The summed E-state index contributed by atoms with van der Waals surface area (Å²) in [5.41, 5.74) is 0. The number of hydrogen-bond donors (Lipinski definition) is 3. The molecule has 12 heteroatoms. The van der Waals surface area contributed by atoms with E-state index in [1.54, 1.807) is 0 Å². The van der Waals surface area contributed by atoms with Crippen LogP contribution in [0.4, 0.5) is 0 Å². The van der Waals surface area contributed by atoms with Crippen LogP contribution in [-0.4, -0.2) is 89.2 Å². The molecule has 12 nitrogen and oxygen atoms in total. The van der Waals surface area contributed by atoms with Crippen molar-refractivity contribution in [3.8, 4) is 0 Å². The van der Waals surface area contributed by atoms with Crippen LogP contribution < -0.4 is 0 Å². The molecule has 0 aliphatic carbocycles. The Balaban J connectivity index is 2.70. The third-order valence-corrected chi connectivity index (χ3v) is 13.8. The second kappa shape index (κ2) is 55.9. The Kier molecular flexibility index (Phi) is 51.3. The minimum absolute atomic E-state index is 0.0254. The van der Waals surface area contributed by atoms with Gasteiger partial charge in [0.1, 0.15) is 18.8 Å². The van der Waals surface area contributed by atoms with Crippen molar-refractivity contribution < 1.29 is 58.2 Å². The smallest absolute Gasteiger partial charge is 0.335 e. The zero-order valence-electron chi connectivity index (χ0n) is 50.7. The first-order valence-electron chi connectivity index (χ1n) is 31.9. The van der Waals surface area contributed by atoms with Gasteiger partial charge in [-0.1, -0.05) is 220 Å². The van der Waals surface area contributed by atoms with Crippen LogP contribution in [0.3, 0.4) is 0 Å². The summed E-state index contributed by atoms with van der Waals surface area (Å²) in [7, 11) is 0. The first-order valence-corrected chi connectivity index (χ1v) is 31.9. The number of aliphatic carboxylic acids is 1. The van der Waals surface area contributed by atoms with Crippen LogP contribution in [0.5, 0.6) is 0 Å². The molecule has 1 rings (SSSR count). The number of hydrogen-bond acceptors (Lipinski definition) is 11. The van der Waals surface area contributed by atoms with E-state index in [4.69, 9.17) is 23.7 Å². The van der Waals surface area contributed by atoms with Crippen molar-refractivity contribution in [2.24, 2.45) is 0 Å². The summed E-state index contributed by atoms with van der Waals surface area (Å²) in [6.07, 6.45) is 63.3. The number of carboxylic acid groups (broad SMARTS) is 1. The number of allylic oxidation sites excluding steroid dienone is 18. The van der Waals surface area contributed by atoms with Crippen LogP contribution in [0.25, 0.3) is 0 Å². The van der Waals surface area contributed by atoms with Crippen molar-refractivity contribution in [2.75, 3.05) is 13.2 Å². The van der Waals surface area contributed by atoms with E-state index in [0.29, 0.717) is 19.3 Å². The zero-order valence-corrected chi connectivity index (χ0v) is 50.7. The van der Waals surface area contributed by atoms with Gasteiger partial charge in [0.05, 0.1) is 6.61 Å². The number of aliphatic hydroxyl groups excluding tert-OH is 2. The molecule has 6 atom stereocenters. The Labute approximate surface area is 491 Å². The van der Waals surface area contributed by atoms with Crippen LogP contribution in [0, 0.1) is 0 Å². The van der Waals surface area contributed by atoms with Gasteiger partial charge in [0.25, 0.3) is 0 Å². The summed E-state index contributed by atoms with van der Waals surface area (Å²) < 4.78 is 28.5. The third-order valence-electron chi connectivity index (χ3n) is 13.8. The molecule has 460 valence electrons. The van der Waals surface area contributed by atoms with Crippen LogP contribution in [0.1, 0.15) is 252 Å². The van der Waals surface area contributed by atoms with E-state index in [0.717, 1.165) is 154 Å². The molecule has 0 saturated carbocycles. The predicted octanol–water partition coefficient (Wildman–Crippen LogP) is 17.0. The highest BCUT2D eigenvalue weighted by atomic mass is 16.7. The Hall–Kier alpha value is -4.62. The lowest BCUT2D eigenvalue weighted by Crippen LogP contribution is -2.61. The minimum atomic E-state index is -1.92. The predicted molar refractivity (Wildman–Crippen MR) is 330 cm³/mol. The highest BCUT2D eigenvalue weighted by Crippen LogP contribution is 2.26. The van der Waals surface area contributed by atoms with Crippen LogP contribution in [0.15, 0.2) is 109 Å². The lowest BCUT2D eigenvalue weighted by molar-refractivity contribution is -0.301. The van der Waals surface area contributed by atoms with Gasteiger partial charge in [-0.05, 0) is 122 Å². The molecule has 1 heterocycles. The second-order valence-corrected chi connectivity index (χ2v) is 21.3. The molecule has 0 radical (unpaired) electrons.